The summed E-state index contributed by atoms with van der Waals surface area (Å²) in [7, 11) is 1.55. The topological polar surface area (TPSA) is 150 Å². The molecule has 0 unspecified atom stereocenters. The molecule has 2 fully saturated rings. The molecule has 0 bridgehead atoms. The van der Waals surface area contributed by atoms with Gasteiger partial charge in [0.05, 0.1) is 36.4 Å². The van der Waals surface area contributed by atoms with E-state index in [1.54, 1.807) is 43.2 Å². The fraction of sp³-hybridized carbons (Fsp3) is 0.765. The number of hydrogen-bond donors (Lipinski definition) is 4. The van der Waals surface area contributed by atoms with E-state index in [9.17, 15) is 24.9 Å². The summed E-state index contributed by atoms with van der Waals surface area (Å²) >= 11 is 0. The molecule has 2 saturated heterocycles. The summed E-state index contributed by atoms with van der Waals surface area (Å²) in [6.07, 6.45) is 6.95. The Balaban J connectivity index is 1.77. The summed E-state index contributed by atoms with van der Waals surface area (Å²) in [6.45, 7) is 13.7. The minimum absolute atomic E-state index is 0.00213. The van der Waals surface area contributed by atoms with Gasteiger partial charge in [-0.25, -0.2) is 4.79 Å². The number of nitrogens with zero attached hydrogens (tertiary/aromatic N) is 1. The van der Waals surface area contributed by atoms with Crippen LogP contribution in [0.4, 0.5) is 4.79 Å². The van der Waals surface area contributed by atoms with Crippen LogP contribution in [0.5, 0.6) is 0 Å². The van der Waals surface area contributed by atoms with Gasteiger partial charge in [-0.05, 0) is 51.7 Å². The van der Waals surface area contributed by atoms with Crippen molar-refractivity contribution in [2.24, 2.45) is 11.8 Å². The highest BCUT2D eigenvalue weighted by Gasteiger charge is 2.47. The van der Waals surface area contributed by atoms with E-state index in [0.717, 1.165) is 5.57 Å². The molecule has 0 radical (unpaired) electrons. The molecule has 0 aromatic heterocycles. The SMILES string of the molecule is CC[C@H](O)[C@@H](C)[C@H]1O[C@@H]1C[C@@](C)(O)/C=C/C=C(\C)[C@H]1OC(=O)C[C@H](O)CC[C@@](C)(OC)[C@@H](OC(=O)N2CCNCC2)/C=C\[C@@H]1C. The van der Waals surface area contributed by atoms with Gasteiger partial charge in [0.15, 0.2) is 6.10 Å². The molecule has 256 valence electrons. The van der Waals surface area contributed by atoms with Crippen molar-refractivity contribution in [3.63, 3.8) is 0 Å². The fourth-order valence-electron chi connectivity index (χ4n) is 6.04. The number of methoxy groups -OCH3 is 1. The van der Waals surface area contributed by atoms with Crippen LogP contribution < -0.4 is 5.32 Å². The number of hydrogen-bond acceptors (Lipinski definition) is 10. The molecular formula is C34H56N2O9. The Labute approximate surface area is 268 Å². The number of esters is 1. The molecule has 10 atom stereocenters. The van der Waals surface area contributed by atoms with Crippen molar-refractivity contribution in [1.29, 1.82) is 0 Å². The van der Waals surface area contributed by atoms with Crippen molar-refractivity contribution >= 4 is 12.1 Å². The van der Waals surface area contributed by atoms with Gasteiger partial charge in [0.2, 0.25) is 0 Å². The van der Waals surface area contributed by atoms with Crippen LogP contribution in [-0.4, -0.2) is 113 Å². The van der Waals surface area contributed by atoms with Gasteiger partial charge in [-0.1, -0.05) is 45.1 Å². The Morgan fingerprint density at radius 2 is 2.00 bits per heavy atom. The number of amides is 1. The summed E-state index contributed by atoms with van der Waals surface area (Å²) in [4.78, 5) is 27.6. The van der Waals surface area contributed by atoms with Crippen molar-refractivity contribution in [3.05, 3.63) is 36.0 Å². The van der Waals surface area contributed by atoms with Crippen LogP contribution in [0.3, 0.4) is 0 Å². The zero-order valence-corrected chi connectivity index (χ0v) is 28.1. The number of nitrogens with one attached hydrogen (secondary N) is 1. The Bertz CT molecular complexity index is 1070. The van der Waals surface area contributed by atoms with Gasteiger partial charge in [-0.2, -0.15) is 0 Å². The highest BCUT2D eigenvalue weighted by molar-refractivity contribution is 5.70. The van der Waals surface area contributed by atoms with Gasteiger partial charge in [-0.15, -0.1) is 0 Å². The average molecular weight is 637 g/mol. The van der Waals surface area contributed by atoms with Gasteiger partial charge >= 0.3 is 12.1 Å². The van der Waals surface area contributed by atoms with Crippen LogP contribution in [0.1, 0.15) is 73.6 Å². The first kappa shape index (κ1) is 37.2. The quantitative estimate of drug-likeness (QED) is 0.122. The van der Waals surface area contributed by atoms with Crippen molar-refractivity contribution < 1.29 is 43.9 Å². The van der Waals surface area contributed by atoms with Gasteiger partial charge in [0.25, 0.3) is 0 Å². The summed E-state index contributed by atoms with van der Waals surface area (Å²) in [5, 5.41) is 35.0. The number of cyclic esters (lactones) is 1. The molecule has 0 saturated carbocycles. The minimum atomic E-state index is -1.14. The number of carbonyl (C=O) groups is 2. The number of rotatable bonds is 10. The molecule has 45 heavy (non-hydrogen) atoms. The van der Waals surface area contributed by atoms with E-state index in [1.165, 1.54) is 0 Å². The maximum Gasteiger partial charge on any atom is 0.410 e. The Kier molecular flexibility index (Phi) is 13.6. The van der Waals surface area contributed by atoms with Gasteiger partial charge in [0.1, 0.15) is 11.7 Å². The van der Waals surface area contributed by atoms with E-state index in [1.807, 2.05) is 40.7 Å². The van der Waals surface area contributed by atoms with Crippen LogP contribution >= 0.6 is 0 Å². The van der Waals surface area contributed by atoms with Crippen LogP contribution in [0.15, 0.2) is 36.0 Å². The molecule has 3 rings (SSSR count). The first-order valence-corrected chi connectivity index (χ1v) is 16.4. The van der Waals surface area contributed by atoms with Gasteiger partial charge in [0, 0.05) is 51.5 Å². The number of epoxide rings is 1. The van der Waals surface area contributed by atoms with Crippen molar-refractivity contribution in [2.75, 3.05) is 33.3 Å². The van der Waals surface area contributed by atoms with Crippen molar-refractivity contribution in [3.8, 4) is 0 Å². The monoisotopic (exact) mass is 636 g/mol. The summed E-state index contributed by atoms with van der Waals surface area (Å²) in [5.41, 5.74) is -1.34. The molecule has 4 N–H and O–H groups in total. The molecule has 0 aliphatic carbocycles. The van der Waals surface area contributed by atoms with E-state index in [2.05, 4.69) is 5.32 Å². The number of aliphatic hydroxyl groups excluding tert-OH is 2. The van der Waals surface area contributed by atoms with E-state index in [0.29, 0.717) is 45.4 Å². The molecular weight excluding hydrogens is 580 g/mol. The summed E-state index contributed by atoms with van der Waals surface area (Å²) in [5.74, 6) is -0.833. The highest BCUT2D eigenvalue weighted by atomic mass is 16.6. The average Bonchev–Trinajstić information content (AvgIpc) is 3.77. The zero-order chi connectivity index (χ0) is 33.4. The third kappa shape index (κ3) is 10.9. The molecule has 0 spiro atoms. The predicted molar refractivity (Wildman–Crippen MR) is 170 cm³/mol. The van der Waals surface area contributed by atoms with E-state index >= 15 is 0 Å². The second kappa shape index (κ2) is 16.5. The Morgan fingerprint density at radius 1 is 1.31 bits per heavy atom. The molecule has 11 heteroatoms. The first-order valence-electron chi connectivity index (χ1n) is 16.4. The smallest absolute Gasteiger partial charge is 0.410 e. The lowest BCUT2D eigenvalue weighted by atomic mass is 9.88. The number of carbonyl (C=O) groups excluding carboxylic acids is 2. The molecule has 3 aliphatic heterocycles. The van der Waals surface area contributed by atoms with Crippen LogP contribution in [0, 0.1) is 11.8 Å². The number of aliphatic hydroxyl groups is 3. The minimum Gasteiger partial charge on any atom is -0.457 e. The fourth-order valence-corrected chi connectivity index (χ4v) is 6.04. The maximum atomic E-state index is 13.1. The van der Waals surface area contributed by atoms with Crippen LogP contribution in [-0.2, 0) is 23.7 Å². The van der Waals surface area contributed by atoms with E-state index in [-0.39, 0.29) is 36.9 Å². The van der Waals surface area contributed by atoms with E-state index < -0.39 is 47.7 Å². The zero-order valence-electron chi connectivity index (χ0n) is 28.1. The highest BCUT2D eigenvalue weighted by Crippen LogP contribution is 2.37. The standard InChI is InChI=1S/C34H56N2O9/c1-8-26(38)24(4)31-27(43-31)21-33(5,41)14-9-10-22(2)30-23(3)11-12-28(44-32(40)36-18-16-35-17-19-36)34(6,42-7)15-13-25(37)20-29(39)45-30/h9-12,14,23-28,30-31,35,37-38,41H,8,13,15-21H2,1-7H3/b12-11-,14-9+,22-10+/t23-,24+,25+,26-,27+,28-,30+,31+,33-,34+/m0/s1. The lowest BCUT2D eigenvalue weighted by Gasteiger charge is -2.37. The Morgan fingerprint density at radius 3 is 2.64 bits per heavy atom. The third-order valence-corrected chi connectivity index (χ3v) is 9.42. The molecule has 1 amide bonds. The van der Waals surface area contributed by atoms with E-state index in [4.69, 9.17) is 18.9 Å². The molecule has 0 aromatic rings. The second-order valence-corrected chi connectivity index (χ2v) is 13.4. The predicted octanol–water partition coefficient (Wildman–Crippen LogP) is 3.27. The van der Waals surface area contributed by atoms with Gasteiger partial charge in [-0.3, -0.25) is 4.79 Å². The first-order chi connectivity index (χ1) is 21.2. The molecule has 3 heterocycles. The largest absolute Gasteiger partial charge is 0.457 e. The number of ether oxygens (including phenoxy) is 4. The van der Waals surface area contributed by atoms with Crippen molar-refractivity contribution in [2.45, 2.75) is 121 Å². The summed E-state index contributed by atoms with van der Waals surface area (Å²) in [6, 6.07) is 0. The number of allylic oxidation sites excluding steroid dienone is 2. The molecule has 11 nitrogen and oxygen atoms in total. The normalized spacial score (nSPS) is 35.4. The van der Waals surface area contributed by atoms with Gasteiger partial charge < -0.3 is 44.5 Å². The van der Waals surface area contributed by atoms with Crippen molar-refractivity contribution in [1.82, 2.24) is 10.2 Å². The second-order valence-electron chi connectivity index (χ2n) is 13.4. The molecule has 3 aliphatic rings. The summed E-state index contributed by atoms with van der Waals surface area (Å²) < 4.78 is 23.5. The van der Waals surface area contributed by atoms with Crippen LogP contribution in [0.25, 0.3) is 0 Å². The maximum absolute atomic E-state index is 13.1. The lowest BCUT2D eigenvalue weighted by molar-refractivity contribution is -0.151. The van der Waals surface area contributed by atoms with Crippen LogP contribution in [0.2, 0.25) is 0 Å². The number of piperazine rings is 1. The Hall–Kier alpha value is -2.28. The molecule has 0 aromatic carbocycles. The third-order valence-electron chi connectivity index (χ3n) is 9.42. The lowest BCUT2D eigenvalue weighted by Crippen LogP contribution is -2.50.